The number of hydrogen-bond donors (Lipinski definition) is 0. The molecule has 0 saturated carbocycles. The number of hydrogen-bond acceptors (Lipinski definition) is 6. The van der Waals surface area contributed by atoms with Gasteiger partial charge in [0.05, 0.1) is 14.2 Å². The number of aryl methyl sites for hydroxylation is 2. The molecule has 0 aromatic heterocycles. The van der Waals surface area contributed by atoms with E-state index in [1.807, 2.05) is 84.9 Å². The molecule has 1 unspecified atom stereocenters. The molecule has 6 aromatic carbocycles. The monoisotopic (exact) mass is 674 g/mol. The minimum atomic E-state index is -0.413. The highest BCUT2D eigenvalue weighted by atomic mass is 17.2. The third kappa shape index (κ3) is 6.35. The lowest BCUT2D eigenvalue weighted by atomic mass is 9.76. The summed E-state index contributed by atoms with van der Waals surface area (Å²) in [6.07, 6.45) is 10.9. The van der Waals surface area contributed by atoms with Crippen molar-refractivity contribution < 1.29 is 28.8 Å². The van der Waals surface area contributed by atoms with E-state index in [9.17, 15) is 4.79 Å². The molecule has 6 aromatic rings. The van der Waals surface area contributed by atoms with Gasteiger partial charge >= 0.3 is 5.97 Å². The third-order valence-corrected chi connectivity index (χ3v) is 10.2. The second-order valence-electron chi connectivity index (χ2n) is 13.1. The number of carbonyl (C=O) groups is 1. The summed E-state index contributed by atoms with van der Waals surface area (Å²) in [5, 5.41) is 4.41. The Morgan fingerprint density at radius 1 is 0.647 bits per heavy atom. The van der Waals surface area contributed by atoms with Gasteiger partial charge in [-0.15, -0.1) is 0 Å². The molecule has 0 bridgehead atoms. The van der Waals surface area contributed by atoms with E-state index < -0.39 is 5.97 Å². The number of fused-ring (bicyclic) bond motifs is 6. The average Bonchev–Trinajstić information content (AvgIpc) is 3.75. The van der Waals surface area contributed by atoms with Crippen molar-refractivity contribution >= 4 is 39.7 Å². The number of carbonyl (C=O) groups excluding carboxylic acids is 1. The van der Waals surface area contributed by atoms with E-state index in [-0.39, 0.29) is 12.0 Å². The first-order chi connectivity index (χ1) is 25.0. The van der Waals surface area contributed by atoms with Gasteiger partial charge in [0, 0.05) is 22.6 Å². The molecule has 6 heteroatoms. The normalized spacial score (nSPS) is 16.3. The summed E-state index contributed by atoms with van der Waals surface area (Å²) < 4.78 is 16.8. The van der Waals surface area contributed by atoms with E-state index in [1.165, 1.54) is 17.2 Å². The van der Waals surface area contributed by atoms with Crippen LogP contribution in [0.25, 0.3) is 33.7 Å². The number of benzene rings is 6. The Morgan fingerprint density at radius 2 is 1.20 bits per heavy atom. The summed E-state index contributed by atoms with van der Waals surface area (Å²) in [4.78, 5) is 25.1. The second-order valence-corrected chi connectivity index (χ2v) is 13.1. The van der Waals surface area contributed by atoms with E-state index in [1.54, 1.807) is 20.3 Å². The van der Waals surface area contributed by atoms with Gasteiger partial charge in [-0.05, 0) is 124 Å². The van der Waals surface area contributed by atoms with Crippen molar-refractivity contribution in [1.82, 2.24) is 0 Å². The van der Waals surface area contributed by atoms with Crippen LogP contribution in [-0.4, -0.2) is 26.8 Å². The second kappa shape index (κ2) is 13.8. The van der Waals surface area contributed by atoms with Gasteiger partial charge < -0.3 is 19.1 Å². The summed E-state index contributed by atoms with van der Waals surface area (Å²) in [5.41, 5.74) is 6.32. The fraction of sp³-hybridized carbons (Fsp3) is 0.178. The van der Waals surface area contributed by atoms with Crippen molar-refractivity contribution in [3.63, 3.8) is 0 Å². The SMILES string of the molecule is COc1ccc2cc(C=CCOOc3cccc4c3C3(CC4)CCc4cccc(OC(=O)C=Cc5ccc6cc(OC)ccc6c5)c43)ccc2c1. The smallest absolute Gasteiger partial charge is 0.336 e. The van der Waals surface area contributed by atoms with Gasteiger partial charge in [0.15, 0.2) is 5.75 Å². The fourth-order valence-corrected chi connectivity index (χ4v) is 7.83. The van der Waals surface area contributed by atoms with E-state index in [2.05, 4.69) is 36.4 Å². The van der Waals surface area contributed by atoms with E-state index >= 15 is 0 Å². The van der Waals surface area contributed by atoms with Crippen LogP contribution in [0.2, 0.25) is 0 Å². The maximum Gasteiger partial charge on any atom is 0.336 e. The van der Waals surface area contributed by atoms with Crippen LogP contribution in [0.15, 0.2) is 121 Å². The molecule has 0 saturated heterocycles. The predicted molar refractivity (Wildman–Crippen MR) is 202 cm³/mol. The summed E-state index contributed by atoms with van der Waals surface area (Å²) in [6.45, 7) is 0.286. The molecule has 0 fully saturated rings. The number of methoxy groups -OCH3 is 2. The molecule has 2 aliphatic rings. The lowest BCUT2D eigenvalue weighted by Gasteiger charge is -2.29. The van der Waals surface area contributed by atoms with Crippen molar-refractivity contribution in [2.45, 2.75) is 31.1 Å². The molecule has 6 nitrogen and oxygen atoms in total. The zero-order chi connectivity index (χ0) is 34.8. The molecular weight excluding hydrogens is 636 g/mol. The van der Waals surface area contributed by atoms with Gasteiger partial charge in [0.2, 0.25) is 0 Å². The van der Waals surface area contributed by atoms with Gasteiger partial charge in [-0.1, -0.05) is 72.8 Å². The Labute approximate surface area is 297 Å². The van der Waals surface area contributed by atoms with Crippen molar-refractivity contribution in [3.8, 4) is 23.0 Å². The molecule has 51 heavy (non-hydrogen) atoms. The van der Waals surface area contributed by atoms with Crippen LogP contribution in [0.1, 0.15) is 46.2 Å². The average molecular weight is 675 g/mol. The molecule has 0 aliphatic heterocycles. The van der Waals surface area contributed by atoms with Gasteiger partial charge in [0.25, 0.3) is 0 Å². The number of rotatable bonds is 10. The van der Waals surface area contributed by atoms with Crippen LogP contribution in [0.5, 0.6) is 23.0 Å². The summed E-state index contributed by atoms with van der Waals surface area (Å²) in [7, 11) is 3.34. The standard InChI is InChI=1S/C45H38O6/c1-47-38-18-16-34-26-30(11-14-36(34)28-38)6-5-25-49-51-41-10-4-8-33-22-24-45(44(33)41)23-21-32-7-3-9-40(43(32)45)50-42(46)20-13-31-12-15-37-29-39(48-2)19-17-35(37)27-31/h3-20,26-29H,21-25H2,1-2H3. The van der Waals surface area contributed by atoms with Crippen molar-refractivity contribution in [2.75, 3.05) is 20.8 Å². The van der Waals surface area contributed by atoms with E-state index in [4.69, 9.17) is 24.0 Å². The molecule has 2 aliphatic carbocycles. The molecule has 8 rings (SSSR count). The van der Waals surface area contributed by atoms with Crippen molar-refractivity contribution in [2.24, 2.45) is 0 Å². The van der Waals surface area contributed by atoms with Crippen LogP contribution in [0.4, 0.5) is 0 Å². The maximum atomic E-state index is 13.3. The minimum absolute atomic E-state index is 0.286. The van der Waals surface area contributed by atoms with Crippen LogP contribution in [-0.2, 0) is 27.9 Å². The molecule has 0 amide bonds. The largest absolute Gasteiger partial charge is 0.497 e. The maximum absolute atomic E-state index is 13.3. The first-order valence-electron chi connectivity index (χ1n) is 17.3. The first-order valence-corrected chi connectivity index (χ1v) is 17.3. The third-order valence-electron chi connectivity index (χ3n) is 10.2. The van der Waals surface area contributed by atoms with Crippen LogP contribution < -0.4 is 19.1 Å². The summed E-state index contributed by atoms with van der Waals surface area (Å²) in [5.74, 6) is 2.55. The number of ether oxygens (including phenoxy) is 3. The van der Waals surface area contributed by atoms with Crippen LogP contribution in [0.3, 0.4) is 0 Å². The Balaban J connectivity index is 0.980. The van der Waals surface area contributed by atoms with Crippen LogP contribution >= 0.6 is 0 Å². The molecule has 254 valence electrons. The zero-order valence-corrected chi connectivity index (χ0v) is 28.7. The van der Waals surface area contributed by atoms with Gasteiger partial charge in [-0.25, -0.2) is 4.79 Å². The molecule has 1 atom stereocenters. The predicted octanol–water partition coefficient (Wildman–Crippen LogP) is 9.83. The van der Waals surface area contributed by atoms with Gasteiger partial charge in [0.1, 0.15) is 23.9 Å². The Hall–Kier alpha value is -5.85. The van der Waals surface area contributed by atoms with Gasteiger partial charge in [-0.3, -0.25) is 0 Å². The summed E-state index contributed by atoms with van der Waals surface area (Å²) >= 11 is 0. The Morgan fingerprint density at radius 3 is 1.82 bits per heavy atom. The van der Waals surface area contributed by atoms with Crippen molar-refractivity contribution in [3.05, 3.63) is 155 Å². The highest BCUT2D eigenvalue weighted by molar-refractivity contribution is 5.91. The van der Waals surface area contributed by atoms with Crippen molar-refractivity contribution in [1.29, 1.82) is 0 Å². The van der Waals surface area contributed by atoms with E-state index in [0.717, 1.165) is 81.0 Å². The van der Waals surface area contributed by atoms with E-state index in [0.29, 0.717) is 11.5 Å². The molecule has 0 radical (unpaired) electrons. The fourth-order valence-electron chi connectivity index (χ4n) is 7.83. The highest BCUT2D eigenvalue weighted by Crippen LogP contribution is 2.57. The highest BCUT2D eigenvalue weighted by Gasteiger charge is 2.48. The quantitative estimate of drug-likeness (QED) is 0.0360. The number of esters is 1. The molecule has 0 heterocycles. The first kappa shape index (κ1) is 32.4. The van der Waals surface area contributed by atoms with Gasteiger partial charge in [-0.2, -0.15) is 4.89 Å². The van der Waals surface area contributed by atoms with Crippen LogP contribution in [0, 0.1) is 0 Å². The Bertz CT molecular complexity index is 2330. The molecule has 0 N–H and O–H groups in total. The lowest BCUT2D eigenvalue weighted by Crippen LogP contribution is -2.24. The Kier molecular flexibility index (Phi) is 8.76. The topological polar surface area (TPSA) is 63.2 Å². The molecule has 1 spiro atoms. The zero-order valence-electron chi connectivity index (χ0n) is 28.7. The summed E-state index contributed by atoms with van der Waals surface area (Å²) in [6, 6.07) is 36.6. The molecular formula is C45H38O6. The minimum Gasteiger partial charge on any atom is -0.497 e. The lowest BCUT2D eigenvalue weighted by molar-refractivity contribution is -0.196.